The number of benzene rings is 1. The first-order valence-corrected chi connectivity index (χ1v) is 8.23. The maximum absolute atomic E-state index is 14.2. The first-order valence-electron chi connectivity index (χ1n) is 8.23. The van der Waals surface area contributed by atoms with Crippen molar-refractivity contribution in [2.45, 2.75) is 25.2 Å². The van der Waals surface area contributed by atoms with Crippen LogP contribution in [0.25, 0.3) is 5.69 Å². The summed E-state index contributed by atoms with van der Waals surface area (Å²) in [7, 11) is 0. The number of hydrogen-bond acceptors (Lipinski definition) is 3. The predicted molar refractivity (Wildman–Crippen MR) is 91.1 cm³/mol. The van der Waals surface area contributed by atoms with Crippen molar-refractivity contribution in [3.05, 3.63) is 77.1 Å². The van der Waals surface area contributed by atoms with Crippen molar-refractivity contribution in [3.63, 3.8) is 0 Å². The molecule has 1 atom stereocenters. The van der Waals surface area contributed by atoms with Gasteiger partial charge in [0.05, 0.1) is 6.20 Å². The van der Waals surface area contributed by atoms with Crippen LogP contribution in [0.2, 0.25) is 0 Å². The van der Waals surface area contributed by atoms with Gasteiger partial charge in [-0.15, -0.1) is 0 Å². The molecule has 1 unspecified atom stereocenters. The van der Waals surface area contributed by atoms with Gasteiger partial charge in [-0.2, -0.15) is 5.10 Å². The molecule has 0 radical (unpaired) electrons. The monoisotopic (exact) mass is 336 g/mol. The fourth-order valence-electron chi connectivity index (χ4n) is 3.62. The first kappa shape index (κ1) is 15.5. The number of nitrogens with zero attached hydrogens (tertiary/aromatic N) is 3. The average molecular weight is 336 g/mol. The highest BCUT2D eigenvalue weighted by Crippen LogP contribution is 2.38. The zero-order valence-corrected chi connectivity index (χ0v) is 13.5. The molecule has 0 bridgehead atoms. The van der Waals surface area contributed by atoms with E-state index in [-0.39, 0.29) is 11.7 Å². The van der Waals surface area contributed by atoms with Crippen LogP contribution < -0.4 is 5.73 Å². The van der Waals surface area contributed by atoms with E-state index in [0.717, 1.165) is 36.1 Å². The number of carbonyl (C=O) groups is 1. The number of rotatable bonds is 3. The zero-order valence-electron chi connectivity index (χ0n) is 13.5. The van der Waals surface area contributed by atoms with Crippen LogP contribution in [0.1, 0.15) is 46.1 Å². The summed E-state index contributed by atoms with van der Waals surface area (Å²) >= 11 is 0. The third kappa shape index (κ3) is 2.59. The van der Waals surface area contributed by atoms with Crippen LogP contribution in [0, 0.1) is 5.82 Å². The van der Waals surface area contributed by atoms with E-state index in [1.807, 2.05) is 6.07 Å². The molecule has 1 aromatic carbocycles. The summed E-state index contributed by atoms with van der Waals surface area (Å²) in [5.74, 6) is -0.862. The smallest absolute Gasteiger partial charge is 0.267 e. The number of hydrogen-bond donors (Lipinski definition) is 1. The number of para-hydroxylation sites is 1. The van der Waals surface area contributed by atoms with E-state index in [1.165, 1.54) is 6.07 Å². The first-order chi connectivity index (χ1) is 12.2. The summed E-state index contributed by atoms with van der Waals surface area (Å²) < 4.78 is 15.8. The lowest BCUT2D eigenvalue weighted by atomic mass is 9.81. The molecule has 1 aliphatic rings. The van der Waals surface area contributed by atoms with Gasteiger partial charge in [-0.1, -0.05) is 18.2 Å². The Kier molecular flexibility index (Phi) is 3.80. The maximum atomic E-state index is 14.2. The van der Waals surface area contributed by atoms with Crippen molar-refractivity contribution in [1.82, 2.24) is 14.8 Å². The van der Waals surface area contributed by atoms with Crippen molar-refractivity contribution in [3.8, 4) is 5.69 Å². The second-order valence-electron chi connectivity index (χ2n) is 6.16. The molecular formula is C19H17FN4O. The number of nitrogens with two attached hydrogens (primary N) is 1. The number of pyridine rings is 1. The van der Waals surface area contributed by atoms with Gasteiger partial charge in [0.25, 0.3) is 5.91 Å². The largest absolute Gasteiger partial charge is 0.364 e. The van der Waals surface area contributed by atoms with Gasteiger partial charge in [-0.3, -0.25) is 9.78 Å². The van der Waals surface area contributed by atoms with Crippen LogP contribution in [-0.2, 0) is 6.42 Å². The van der Waals surface area contributed by atoms with Gasteiger partial charge >= 0.3 is 0 Å². The Morgan fingerprint density at radius 1 is 1.20 bits per heavy atom. The van der Waals surface area contributed by atoms with Crippen LogP contribution in [-0.4, -0.2) is 20.7 Å². The summed E-state index contributed by atoms with van der Waals surface area (Å²) in [6.07, 6.45) is 5.94. The van der Waals surface area contributed by atoms with Crippen molar-refractivity contribution in [2.24, 2.45) is 5.73 Å². The van der Waals surface area contributed by atoms with Crippen LogP contribution in [0.15, 0.2) is 48.8 Å². The average Bonchev–Trinajstić information content (AvgIpc) is 3.06. The van der Waals surface area contributed by atoms with E-state index in [2.05, 4.69) is 10.1 Å². The summed E-state index contributed by atoms with van der Waals surface area (Å²) in [4.78, 5) is 15.9. The van der Waals surface area contributed by atoms with E-state index in [0.29, 0.717) is 11.4 Å². The highest BCUT2D eigenvalue weighted by Gasteiger charge is 2.29. The molecule has 0 fully saturated rings. The number of halogens is 1. The summed E-state index contributed by atoms with van der Waals surface area (Å²) in [5.41, 5.74) is 9.00. The van der Waals surface area contributed by atoms with E-state index in [1.54, 1.807) is 41.3 Å². The Morgan fingerprint density at radius 3 is 2.84 bits per heavy atom. The van der Waals surface area contributed by atoms with E-state index in [4.69, 9.17) is 5.73 Å². The van der Waals surface area contributed by atoms with Gasteiger partial charge < -0.3 is 5.73 Å². The Bertz CT molecular complexity index is 950. The second kappa shape index (κ2) is 6.12. The third-order valence-electron chi connectivity index (χ3n) is 4.71. The Balaban J connectivity index is 1.83. The molecule has 4 rings (SSSR count). The molecule has 2 heterocycles. The van der Waals surface area contributed by atoms with Gasteiger partial charge in [0.15, 0.2) is 0 Å². The number of primary amides is 1. The molecule has 0 aliphatic heterocycles. The molecule has 126 valence electrons. The fourth-order valence-corrected chi connectivity index (χ4v) is 3.62. The van der Waals surface area contributed by atoms with Crippen molar-refractivity contribution >= 4 is 5.91 Å². The zero-order chi connectivity index (χ0) is 17.4. The second-order valence-corrected chi connectivity index (χ2v) is 6.16. The van der Waals surface area contributed by atoms with Gasteiger partial charge in [-0.05, 0) is 43.0 Å². The van der Waals surface area contributed by atoms with E-state index < -0.39 is 5.91 Å². The molecule has 5 nitrogen and oxygen atoms in total. The molecule has 0 saturated carbocycles. The van der Waals surface area contributed by atoms with Crippen LogP contribution in [0.5, 0.6) is 0 Å². The molecule has 1 aliphatic carbocycles. The fraction of sp³-hybridized carbons (Fsp3) is 0.211. The van der Waals surface area contributed by atoms with E-state index >= 15 is 0 Å². The minimum atomic E-state index is -0.538. The van der Waals surface area contributed by atoms with Crippen molar-refractivity contribution < 1.29 is 9.18 Å². The van der Waals surface area contributed by atoms with Gasteiger partial charge in [0.2, 0.25) is 0 Å². The summed E-state index contributed by atoms with van der Waals surface area (Å²) in [6, 6.07) is 10.3. The Hall–Kier alpha value is -3.02. The highest BCUT2D eigenvalue weighted by molar-refractivity contribution is 5.92. The lowest BCUT2D eigenvalue weighted by Crippen LogP contribution is -2.20. The SMILES string of the molecule is NC(=O)c1ncccc1C1CCCc2c1cnn2-c1ccccc1F. The summed E-state index contributed by atoms with van der Waals surface area (Å²) in [6.45, 7) is 0. The molecule has 0 saturated heterocycles. The van der Waals surface area contributed by atoms with Crippen LogP contribution in [0.3, 0.4) is 0 Å². The van der Waals surface area contributed by atoms with Crippen molar-refractivity contribution in [2.75, 3.05) is 0 Å². The third-order valence-corrected chi connectivity index (χ3v) is 4.71. The Labute approximate surface area is 144 Å². The molecule has 6 heteroatoms. The molecule has 25 heavy (non-hydrogen) atoms. The number of aromatic nitrogens is 3. The Morgan fingerprint density at radius 2 is 2.04 bits per heavy atom. The number of carbonyl (C=O) groups excluding carboxylic acids is 1. The number of amides is 1. The number of fused-ring (bicyclic) bond motifs is 1. The van der Waals surface area contributed by atoms with Crippen LogP contribution in [0.4, 0.5) is 4.39 Å². The molecule has 0 spiro atoms. The van der Waals surface area contributed by atoms with Gasteiger partial charge in [-0.25, -0.2) is 9.07 Å². The highest BCUT2D eigenvalue weighted by atomic mass is 19.1. The summed E-state index contributed by atoms with van der Waals surface area (Å²) in [5, 5.41) is 4.42. The quantitative estimate of drug-likeness (QED) is 0.799. The molecule has 1 amide bonds. The predicted octanol–water partition coefficient (Wildman–Crippen LogP) is 2.97. The topological polar surface area (TPSA) is 73.8 Å². The molecule has 2 aromatic heterocycles. The van der Waals surface area contributed by atoms with Crippen LogP contribution >= 0.6 is 0 Å². The minimum absolute atomic E-state index is 0.0135. The molecular weight excluding hydrogens is 319 g/mol. The minimum Gasteiger partial charge on any atom is -0.364 e. The van der Waals surface area contributed by atoms with Crippen molar-refractivity contribution in [1.29, 1.82) is 0 Å². The normalized spacial score (nSPS) is 16.4. The maximum Gasteiger partial charge on any atom is 0.267 e. The van der Waals surface area contributed by atoms with Gasteiger partial charge in [0, 0.05) is 23.4 Å². The molecule has 2 N–H and O–H groups in total. The van der Waals surface area contributed by atoms with Gasteiger partial charge in [0.1, 0.15) is 17.2 Å². The molecule has 3 aromatic rings. The standard InChI is InChI=1S/C19H17FN4O/c20-15-7-1-2-8-17(15)24-16-9-3-5-12(14(16)11-23-24)13-6-4-10-22-18(13)19(21)25/h1-2,4,6-8,10-12H,3,5,9H2,(H2,21,25). The lowest BCUT2D eigenvalue weighted by Gasteiger charge is -2.24. The lowest BCUT2D eigenvalue weighted by molar-refractivity contribution is 0.0994. The van der Waals surface area contributed by atoms with E-state index in [9.17, 15) is 9.18 Å².